The summed E-state index contributed by atoms with van der Waals surface area (Å²) in [6.07, 6.45) is 0. The topological polar surface area (TPSA) is 94.2 Å². The Labute approximate surface area is 199 Å². The number of benzene rings is 3. The lowest BCUT2D eigenvalue weighted by Crippen LogP contribution is -2.28. The number of nitrogens with one attached hydrogen (secondary N) is 1. The van der Waals surface area contributed by atoms with Gasteiger partial charge in [-0.2, -0.15) is 0 Å². The third kappa shape index (κ3) is 4.51. The highest BCUT2D eigenvalue weighted by Crippen LogP contribution is 2.34. The van der Waals surface area contributed by atoms with Crippen LogP contribution >= 0.6 is 0 Å². The Morgan fingerprint density at radius 3 is 2.62 bits per heavy atom. The quantitative estimate of drug-likeness (QED) is 0.554. The Morgan fingerprint density at radius 2 is 1.82 bits per heavy atom. The molecule has 0 bridgehead atoms. The van der Waals surface area contributed by atoms with Crippen LogP contribution in [0.15, 0.2) is 65.6 Å². The van der Waals surface area contributed by atoms with Crippen LogP contribution in [0.5, 0.6) is 17.2 Å². The van der Waals surface area contributed by atoms with E-state index in [2.05, 4.69) is 5.32 Å². The molecule has 1 N–H and O–H groups in total. The van der Waals surface area contributed by atoms with Crippen LogP contribution in [0.25, 0.3) is 0 Å². The minimum absolute atomic E-state index is 0.00507. The summed E-state index contributed by atoms with van der Waals surface area (Å²) < 4.78 is 44.4. The molecule has 3 aromatic rings. The Balaban J connectivity index is 1.58. The molecule has 0 saturated carbocycles. The first-order chi connectivity index (χ1) is 16.3. The van der Waals surface area contributed by atoms with Crippen molar-refractivity contribution in [3.05, 3.63) is 77.4 Å². The molecule has 0 aromatic heterocycles. The first-order valence-corrected chi connectivity index (χ1v) is 12.1. The smallest absolute Gasteiger partial charge is 0.264 e. The van der Waals surface area contributed by atoms with E-state index in [1.54, 1.807) is 37.3 Å². The van der Waals surface area contributed by atoms with E-state index in [1.807, 2.05) is 18.2 Å². The van der Waals surface area contributed by atoms with Crippen LogP contribution in [0, 0.1) is 6.92 Å². The predicted octanol–water partition coefficient (Wildman–Crippen LogP) is 3.53. The van der Waals surface area contributed by atoms with Crippen molar-refractivity contribution in [2.24, 2.45) is 0 Å². The maximum Gasteiger partial charge on any atom is 0.264 e. The molecule has 0 atom stereocenters. The summed E-state index contributed by atoms with van der Waals surface area (Å²) in [4.78, 5) is 13.0. The van der Waals surface area contributed by atoms with Crippen LogP contribution in [-0.4, -0.2) is 41.7 Å². The second kappa shape index (κ2) is 9.64. The number of carbonyl (C=O) groups excluding carboxylic acids is 1. The second-order valence-corrected chi connectivity index (χ2v) is 9.71. The number of rotatable bonds is 7. The molecule has 1 heterocycles. The first kappa shape index (κ1) is 23.4. The molecule has 0 fully saturated rings. The van der Waals surface area contributed by atoms with Crippen LogP contribution < -0.4 is 23.8 Å². The summed E-state index contributed by atoms with van der Waals surface area (Å²) in [5.74, 6) is 1.29. The average molecular weight is 483 g/mol. The Morgan fingerprint density at radius 1 is 1.06 bits per heavy atom. The van der Waals surface area contributed by atoms with Crippen molar-refractivity contribution in [2.75, 3.05) is 31.7 Å². The van der Waals surface area contributed by atoms with Crippen molar-refractivity contribution in [3.8, 4) is 17.2 Å². The van der Waals surface area contributed by atoms with Gasteiger partial charge in [0, 0.05) is 24.7 Å². The van der Waals surface area contributed by atoms with Crippen molar-refractivity contribution in [1.82, 2.24) is 5.32 Å². The zero-order valence-electron chi connectivity index (χ0n) is 19.2. The van der Waals surface area contributed by atoms with Crippen molar-refractivity contribution < 1.29 is 27.4 Å². The molecule has 0 unspecified atom stereocenters. The van der Waals surface area contributed by atoms with Crippen LogP contribution in [0.4, 0.5) is 5.69 Å². The van der Waals surface area contributed by atoms with Crippen molar-refractivity contribution in [2.45, 2.75) is 18.4 Å². The van der Waals surface area contributed by atoms with Gasteiger partial charge >= 0.3 is 0 Å². The number of fused-ring (bicyclic) bond motifs is 1. The fraction of sp³-hybridized carbons (Fsp3) is 0.240. The minimum Gasteiger partial charge on any atom is -0.495 e. The van der Waals surface area contributed by atoms with Gasteiger partial charge in [-0.1, -0.05) is 30.3 Å². The molecule has 0 aliphatic carbocycles. The molecule has 178 valence electrons. The van der Waals surface area contributed by atoms with E-state index in [-0.39, 0.29) is 22.9 Å². The normalized spacial score (nSPS) is 12.7. The van der Waals surface area contributed by atoms with Crippen molar-refractivity contribution >= 4 is 21.6 Å². The summed E-state index contributed by atoms with van der Waals surface area (Å²) in [6, 6.07) is 16.8. The molecule has 3 aromatic carbocycles. The highest BCUT2D eigenvalue weighted by Gasteiger charge is 2.25. The van der Waals surface area contributed by atoms with Crippen LogP contribution in [0.2, 0.25) is 0 Å². The SMILES string of the molecule is COc1ccccc1N(C)S(=O)(=O)c1ccc(C)c(C(=O)NCc2cccc3c2OCCO3)c1. The molecule has 1 aliphatic heterocycles. The van der Waals surface area contributed by atoms with Gasteiger partial charge in [0.25, 0.3) is 15.9 Å². The van der Waals surface area contributed by atoms with E-state index in [4.69, 9.17) is 14.2 Å². The van der Waals surface area contributed by atoms with E-state index < -0.39 is 10.0 Å². The van der Waals surface area contributed by atoms with Crippen LogP contribution in [-0.2, 0) is 16.6 Å². The predicted molar refractivity (Wildman–Crippen MR) is 128 cm³/mol. The van der Waals surface area contributed by atoms with E-state index in [1.165, 1.54) is 26.3 Å². The number of sulfonamides is 1. The molecule has 1 aliphatic rings. The molecule has 4 rings (SSSR count). The van der Waals surface area contributed by atoms with Gasteiger partial charge < -0.3 is 19.5 Å². The fourth-order valence-corrected chi connectivity index (χ4v) is 4.96. The molecule has 9 heteroatoms. The van der Waals surface area contributed by atoms with E-state index in [0.29, 0.717) is 41.7 Å². The Hall–Kier alpha value is -3.72. The number of aryl methyl sites for hydroxylation is 1. The standard InChI is InChI=1S/C25H26N2O6S/c1-17-11-12-19(34(29,30)27(2)21-8-4-5-9-22(21)31-3)15-20(17)25(28)26-16-18-7-6-10-23-24(18)33-14-13-32-23/h4-12,15H,13-14,16H2,1-3H3,(H,26,28). The average Bonchev–Trinajstić information content (AvgIpc) is 2.86. The van der Waals surface area contributed by atoms with Gasteiger partial charge in [0.1, 0.15) is 19.0 Å². The van der Waals surface area contributed by atoms with Gasteiger partial charge in [-0.05, 0) is 42.8 Å². The maximum absolute atomic E-state index is 13.3. The minimum atomic E-state index is -3.94. The largest absolute Gasteiger partial charge is 0.495 e. The zero-order chi connectivity index (χ0) is 24.3. The molecule has 0 spiro atoms. The monoisotopic (exact) mass is 482 g/mol. The molecular formula is C25H26N2O6S. The number of carbonyl (C=O) groups is 1. The van der Waals surface area contributed by atoms with Gasteiger partial charge in [-0.3, -0.25) is 9.10 Å². The van der Waals surface area contributed by atoms with Gasteiger partial charge in [-0.25, -0.2) is 8.42 Å². The van der Waals surface area contributed by atoms with E-state index >= 15 is 0 Å². The Bertz CT molecular complexity index is 1320. The lowest BCUT2D eigenvalue weighted by Gasteiger charge is -2.22. The number of hydrogen-bond acceptors (Lipinski definition) is 6. The van der Waals surface area contributed by atoms with Crippen molar-refractivity contribution in [1.29, 1.82) is 0 Å². The molecule has 34 heavy (non-hydrogen) atoms. The third-order valence-electron chi connectivity index (χ3n) is 5.62. The molecule has 8 nitrogen and oxygen atoms in total. The number of anilines is 1. The molecule has 0 radical (unpaired) electrons. The molecular weight excluding hydrogens is 456 g/mol. The highest BCUT2D eigenvalue weighted by molar-refractivity contribution is 7.92. The summed E-state index contributed by atoms with van der Waals surface area (Å²) >= 11 is 0. The maximum atomic E-state index is 13.3. The third-order valence-corrected chi connectivity index (χ3v) is 7.39. The van der Waals surface area contributed by atoms with Gasteiger partial charge in [0.2, 0.25) is 0 Å². The van der Waals surface area contributed by atoms with Crippen molar-refractivity contribution in [3.63, 3.8) is 0 Å². The summed E-state index contributed by atoms with van der Waals surface area (Å²) in [6.45, 7) is 2.89. The number of hydrogen-bond donors (Lipinski definition) is 1. The number of methoxy groups -OCH3 is 1. The summed E-state index contributed by atoms with van der Waals surface area (Å²) in [7, 11) is -1.01. The van der Waals surface area contributed by atoms with Crippen LogP contribution in [0.3, 0.4) is 0 Å². The van der Waals surface area contributed by atoms with Gasteiger partial charge in [0.05, 0.1) is 17.7 Å². The lowest BCUT2D eigenvalue weighted by molar-refractivity contribution is 0.0949. The second-order valence-electron chi connectivity index (χ2n) is 7.75. The summed E-state index contributed by atoms with van der Waals surface area (Å²) in [5, 5.41) is 2.86. The fourth-order valence-electron chi connectivity index (χ4n) is 3.73. The Kier molecular flexibility index (Phi) is 6.65. The summed E-state index contributed by atoms with van der Waals surface area (Å²) in [5.41, 5.74) is 2.11. The van der Waals surface area contributed by atoms with E-state index in [0.717, 1.165) is 9.87 Å². The molecule has 0 saturated heterocycles. The van der Waals surface area contributed by atoms with E-state index in [9.17, 15) is 13.2 Å². The number of ether oxygens (including phenoxy) is 3. The van der Waals surface area contributed by atoms with Gasteiger partial charge in [-0.15, -0.1) is 0 Å². The van der Waals surface area contributed by atoms with Crippen LogP contribution in [0.1, 0.15) is 21.5 Å². The number of nitrogens with zero attached hydrogens (tertiary/aromatic N) is 1. The zero-order valence-corrected chi connectivity index (χ0v) is 20.0. The first-order valence-electron chi connectivity index (χ1n) is 10.7. The number of para-hydroxylation sites is 3. The highest BCUT2D eigenvalue weighted by atomic mass is 32.2. The number of amides is 1. The lowest BCUT2D eigenvalue weighted by atomic mass is 10.1. The van der Waals surface area contributed by atoms with Gasteiger partial charge in [0.15, 0.2) is 11.5 Å². The molecule has 1 amide bonds.